The molecule has 120 valence electrons. The van der Waals surface area contributed by atoms with E-state index in [0.29, 0.717) is 13.1 Å². The first-order chi connectivity index (χ1) is 10.7. The Balaban J connectivity index is 1.42. The minimum Gasteiger partial charge on any atom is -0.396 e. The highest BCUT2D eigenvalue weighted by molar-refractivity contribution is 5.73. The van der Waals surface area contributed by atoms with E-state index >= 15 is 0 Å². The highest BCUT2D eigenvalue weighted by Gasteiger charge is 2.42. The van der Waals surface area contributed by atoms with Crippen molar-refractivity contribution in [3.8, 4) is 0 Å². The second kappa shape index (κ2) is 6.52. The number of urea groups is 1. The molecule has 1 saturated heterocycles. The number of hydrogen-bond donors (Lipinski definition) is 3. The fraction of sp³-hybridized carbons (Fsp3) is 0.625. The number of aliphatic hydroxyl groups is 1. The second-order valence-electron chi connectivity index (χ2n) is 6.41. The van der Waals surface area contributed by atoms with E-state index in [-0.39, 0.29) is 18.1 Å². The van der Waals surface area contributed by atoms with Gasteiger partial charge in [0.25, 0.3) is 0 Å². The van der Waals surface area contributed by atoms with Gasteiger partial charge in [-0.2, -0.15) is 0 Å². The second-order valence-corrected chi connectivity index (χ2v) is 6.41. The van der Waals surface area contributed by atoms with Crippen molar-refractivity contribution in [2.75, 3.05) is 31.1 Å². The van der Waals surface area contributed by atoms with Gasteiger partial charge in [0, 0.05) is 37.8 Å². The maximum atomic E-state index is 11.8. The van der Waals surface area contributed by atoms with Gasteiger partial charge in [-0.3, -0.25) is 0 Å². The number of carbonyl (C=O) groups excluding carboxylic acids is 1. The van der Waals surface area contributed by atoms with Crippen LogP contribution in [0.5, 0.6) is 0 Å². The zero-order valence-electron chi connectivity index (χ0n) is 12.8. The molecular formula is C16H24N4O2. The summed E-state index contributed by atoms with van der Waals surface area (Å²) < 4.78 is 0. The predicted molar refractivity (Wildman–Crippen MR) is 84.7 cm³/mol. The summed E-state index contributed by atoms with van der Waals surface area (Å²) in [6.45, 7) is 3.32. The Labute approximate surface area is 130 Å². The Morgan fingerprint density at radius 2 is 2.05 bits per heavy atom. The molecule has 3 N–H and O–H groups in total. The van der Waals surface area contributed by atoms with Crippen LogP contribution >= 0.6 is 0 Å². The smallest absolute Gasteiger partial charge is 0.315 e. The molecule has 1 aromatic rings. The van der Waals surface area contributed by atoms with Crippen molar-refractivity contribution in [3.63, 3.8) is 0 Å². The van der Waals surface area contributed by atoms with Gasteiger partial charge in [-0.1, -0.05) is 6.07 Å². The Morgan fingerprint density at radius 1 is 1.27 bits per heavy atom. The number of amides is 2. The Kier molecular flexibility index (Phi) is 4.47. The Bertz CT molecular complexity index is 507. The van der Waals surface area contributed by atoms with Crippen LogP contribution in [-0.2, 0) is 6.54 Å². The minimum atomic E-state index is -0.191. The number of anilines is 1. The summed E-state index contributed by atoms with van der Waals surface area (Å²) in [5, 5.41) is 14.9. The lowest BCUT2D eigenvalue weighted by Gasteiger charge is -2.16. The molecule has 2 fully saturated rings. The molecule has 6 nitrogen and oxygen atoms in total. The number of carbonyl (C=O) groups is 1. The molecule has 2 heterocycles. The van der Waals surface area contributed by atoms with Crippen LogP contribution in [0.15, 0.2) is 18.3 Å². The zero-order chi connectivity index (χ0) is 15.4. The number of nitrogens with one attached hydrogen (secondary N) is 2. The van der Waals surface area contributed by atoms with E-state index in [4.69, 9.17) is 0 Å². The predicted octanol–water partition coefficient (Wildman–Crippen LogP) is 1.25. The summed E-state index contributed by atoms with van der Waals surface area (Å²) in [7, 11) is 0. The van der Waals surface area contributed by atoms with E-state index in [9.17, 15) is 9.90 Å². The van der Waals surface area contributed by atoms with E-state index in [1.54, 1.807) is 0 Å². The fourth-order valence-corrected chi connectivity index (χ4v) is 2.73. The minimum absolute atomic E-state index is 0.0593. The average molecular weight is 304 g/mol. The van der Waals surface area contributed by atoms with Crippen molar-refractivity contribution in [3.05, 3.63) is 23.9 Å². The molecule has 2 amide bonds. The summed E-state index contributed by atoms with van der Waals surface area (Å²) in [4.78, 5) is 18.5. The number of hydrogen-bond acceptors (Lipinski definition) is 4. The fourth-order valence-electron chi connectivity index (χ4n) is 2.73. The lowest BCUT2D eigenvalue weighted by Crippen LogP contribution is -2.39. The third kappa shape index (κ3) is 3.68. The van der Waals surface area contributed by atoms with Crippen molar-refractivity contribution >= 4 is 11.8 Å². The van der Waals surface area contributed by atoms with Gasteiger partial charge in [-0.05, 0) is 37.3 Å². The van der Waals surface area contributed by atoms with Crippen LogP contribution in [0, 0.1) is 5.41 Å². The third-order valence-electron chi connectivity index (χ3n) is 4.61. The van der Waals surface area contributed by atoms with Crippen LogP contribution in [0.3, 0.4) is 0 Å². The van der Waals surface area contributed by atoms with Crippen LogP contribution < -0.4 is 15.5 Å². The molecule has 6 heteroatoms. The van der Waals surface area contributed by atoms with Crippen molar-refractivity contribution in [2.45, 2.75) is 32.2 Å². The van der Waals surface area contributed by atoms with Gasteiger partial charge in [0.2, 0.25) is 0 Å². The van der Waals surface area contributed by atoms with E-state index in [1.807, 2.05) is 18.3 Å². The van der Waals surface area contributed by atoms with Crippen LogP contribution in [0.1, 0.15) is 31.2 Å². The van der Waals surface area contributed by atoms with E-state index < -0.39 is 0 Å². The molecule has 1 saturated carbocycles. The lowest BCUT2D eigenvalue weighted by molar-refractivity contribution is 0.203. The molecule has 1 aromatic heterocycles. The lowest BCUT2D eigenvalue weighted by atomic mass is 10.1. The zero-order valence-corrected chi connectivity index (χ0v) is 12.8. The largest absolute Gasteiger partial charge is 0.396 e. The molecule has 1 aliphatic heterocycles. The molecule has 22 heavy (non-hydrogen) atoms. The first-order valence-corrected chi connectivity index (χ1v) is 8.03. The molecule has 0 aromatic carbocycles. The number of rotatable bonds is 6. The van der Waals surface area contributed by atoms with Gasteiger partial charge in [-0.25, -0.2) is 9.78 Å². The molecule has 0 bridgehead atoms. The molecule has 0 atom stereocenters. The molecule has 0 spiro atoms. The molecule has 0 unspecified atom stereocenters. The van der Waals surface area contributed by atoms with E-state index in [2.05, 4.69) is 20.5 Å². The number of pyridine rings is 1. The molecular weight excluding hydrogens is 280 g/mol. The van der Waals surface area contributed by atoms with Crippen molar-refractivity contribution in [1.29, 1.82) is 0 Å². The normalized spacial score (nSPS) is 19.0. The standard InChI is InChI=1S/C16H24N4O2/c21-12-16(5-6-16)11-19-15(22)18-10-13-3-4-14(17-9-13)20-7-1-2-8-20/h3-4,9,21H,1-2,5-8,10-12H2,(H2,18,19,22). The monoisotopic (exact) mass is 304 g/mol. The van der Waals surface area contributed by atoms with Gasteiger partial charge >= 0.3 is 6.03 Å². The van der Waals surface area contributed by atoms with Crippen molar-refractivity contribution < 1.29 is 9.90 Å². The maximum absolute atomic E-state index is 11.8. The van der Waals surface area contributed by atoms with Gasteiger partial charge in [0.15, 0.2) is 0 Å². The molecule has 3 rings (SSSR count). The van der Waals surface area contributed by atoms with Crippen LogP contribution in [0.25, 0.3) is 0 Å². The average Bonchev–Trinajstić information content (AvgIpc) is 3.14. The van der Waals surface area contributed by atoms with Gasteiger partial charge in [0.05, 0.1) is 6.61 Å². The van der Waals surface area contributed by atoms with E-state index in [0.717, 1.165) is 37.3 Å². The number of nitrogens with zero attached hydrogens (tertiary/aromatic N) is 2. The van der Waals surface area contributed by atoms with Gasteiger partial charge in [-0.15, -0.1) is 0 Å². The van der Waals surface area contributed by atoms with Crippen LogP contribution in [0.4, 0.5) is 10.6 Å². The van der Waals surface area contributed by atoms with E-state index in [1.165, 1.54) is 12.8 Å². The summed E-state index contributed by atoms with van der Waals surface area (Å²) in [6, 6.07) is 3.84. The van der Waals surface area contributed by atoms with Crippen molar-refractivity contribution in [1.82, 2.24) is 15.6 Å². The number of aromatic nitrogens is 1. The van der Waals surface area contributed by atoms with Crippen LogP contribution in [-0.4, -0.2) is 42.4 Å². The Morgan fingerprint density at radius 3 is 2.64 bits per heavy atom. The summed E-state index contributed by atoms with van der Waals surface area (Å²) in [5.41, 5.74) is 0.928. The highest BCUT2D eigenvalue weighted by atomic mass is 16.3. The third-order valence-corrected chi connectivity index (χ3v) is 4.61. The van der Waals surface area contributed by atoms with Crippen molar-refractivity contribution in [2.24, 2.45) is 5.41 Å². The maximum Gasteiger partial charge on any atom is 0.315 e. The highest BCUT2D eigenvalue weighted by Crippen LogP contribution is 2.44. The van der Waals surface area contributed by atoms with Gasteiger partial charge in [0.1, 0.15) is 5.82 Å². The first kappa shape index (κ1) is 15.1. The summed E-state index contributed by atoms with van der Waals surface area (Å²) >= 11 is 0. The SMILES string of the molecule is O=C(NCc1ccc(N2CCCC2)nc1)NCC1(CO)CC1. The number of aliphatic hydroxyl groups excluding tert-OH is 1. The summed E-state index contributed by atoms with van der Waals surface area (Å²) in [6.07, 6.45) is 6.28. The molecule has 0 radical (unpaired) electrons. The topological polar surface area (TPSA) is 77.5 Å². The van der Waals surface area contributed by atoms with Crippen LogP contribution in [0.2, 0.25) is 0 Å². The summed E-state index contributed by atoms with van der Waals surface area (Å²) in [5.74, 6) is 1.02. The van der Waals surface area contributed by atoms with Gasteiger partial charge < -0.3 is 20.6 Å². The quantitative estimate of drug-likeness (QED) is 0.739. The molecule has 2 aliphatic rings. The molecule has 1 aliphatic carbocycles. The first-order valence-electron chi connectivity index (χ1n) is 8.03. The Hall–Kier alpha value is -1.82.